The molecule has 1 saturated heterocycles. The van der Waals surface area contributed by atoms with Gasteiger partial charge in [0.2, 0.25) is 11.8 Å². The molecule has 1 aliphatic heterocycles. The fourth-order valence-corrected chi connectivity index (χ4v) is 2.85. The summed E-state index contributed by atoms with van der Waals surface area (Å²) in [6, 6.07) is 13.2. The standard InChI is InChI=1S/C18H16ClFN2O2/c19-14-7-5-12(6-8-14)10-21-18(24)13-9-17(23)22(11-13)16-4-2-1-3-15(16)20/h1-8,13H,9-11H2,(H,21,24)/t13-/m1/s1. The number of rotatable bonds is 4. The zero-order valence-electron chi connectivity index (χ0n) is 12.8. The Bertz CT molecular complexity index is 764. The number of halogens is 2. The first-order chi connectivity index (χ1) is 11.5. The number of hydrogen-bond donors (Lipinski definition) is 1. The van der Waals surface area contributed by atoms with E-state index in [0.717, 1.165) is 5.56 Å². The summed E-state index contributed by atoms with van der Waals surface area (Å²) in [6.45, 7) is 0.548. The van der Waals surface area contributed by atoms with Crippen molar-refractivity contribution in [1.82, 2.24) is 5.32 Å². The van der Waals surface area contributed by atoms with E-state index in [2.05, 4.69) is 5.32 Å². The maximum atomic E-state index is 13.8. The molecule has 3 rings (SSSR count). The average molecular weight is 347 g/mol. The van der Waals surface area contributed by atoms with Gasteiger partial charge in [0.25, 0.3) is 0 Å². The van der Waals surface area contributed by atoms with Crippen molar-refractivity contribution in [2.75, 3.05) is 11.4 Å². The Labute approximate surface area is 144 Å². The molecule has 2 aromatic carbocycles. The third-order valence-corrected chi connectivity index (χ3v) is 4.27. The van der Waals surface area contributed by atoms with E-state index in [-0.39, 0.29) is 30.5 Å². The molecule has 0 unspecified atom stereocenters. The second-order valence-corrected chi connectivity index (χ2v) is 6.14. The second kappa shape index (κ2) is 7.01. The van der Waals surface area contributed by atoms with E-state index in [1.807, 2.05) is 12.1 Å². The van der Waals surface area contributed by atoms with Crippen LogP contribution in [0.3, 0.4) is 0 Å². The molecule has 6 heteroatoms. The molecule has 0 aromatic heterocycles. The quantitative estimate of drug-likeness (QED) is 0.924. The lowest BCUT2D eigenvalue weighted by Crippen LogP contribution is -2.32. The van der Waals surface area contributed by atoms with Gasteiger partial charge < -0.3 is 10.2 Å². The predicted octanol–water partition coefficient (Wildman–Crippen LogP) is 3.15. The van der Waals surface area contributed by atoms with Gasteiger partial charge in [-0.15, -0.1) is 0 Å². The van der Waals surface area contributed by atoms with Crippen LogP contribution in [0, 0.1) is 11.7 Å². The van der Waals surface area contributed by atoms with Crippen LogP contribution in [-0.2, 0) is 16.1 Å². The van der Waals surface area contributed by atoms with Crippen LogP contribution in [0.2, 0.25) is 5.02 Å². The van der Waals surface area contributed by atoms with Crippen molar-refractivity contribution >= 4 is 29.1 Å². The van der Waals surface area contributed by atoms with Crippen molar-refractivity contribution in [2.45, 2.75) is 13.0 Å². The summed E-state index contributed by atoms with van der Waals surface area (Å²) in [6.07, 6.45) is 0.0841. The number of para-hydroxylation sites is 1. The van der Waals surface area contributed by atoms with E-state index >= 15 is 0 Å². The fraction of sp³-hybridized carbons (Fsp3) is 0.222. The molecule has 1 aliphatic rings. The minimum absolute atomic E-state index is 0.0841. The Morgan fingerprint density at radius 1 is 1.21 bits per heavy atom. The van der Waals surface area contributed by atoms with Crippen LogP contribution in [0.4, 0.5) is 10.1 Å². The van der Waals surface area contributed by atoms with Crippen molar-refractivity contribution in [1.29, 1.82) is 0 Å². The van der Waals surface area contributed by atoms with Crippen molar-refractivity contribution in [3.63, 3.8) is 0 Å². The summed E-state index contributed by atoms with van der Waals surface area (Å²) in [7, 11) is 0. The van der Waals surface area contributed by atoms with E-state index in [0.29, 0.717) is 11.6 Å². The number of carbonyl (C=O) groups is 2. The number of benzene rings is 2. The SMILES string of the molecule is O=C(NCc1ccc(Cl)cc1)[C@@H]1CC(=O)N(c2ccccc2F)C1. The Kier molecular flexibility index (Phi) is 4.81. The van der Waals surface area contributed by atoms with Gasteiger partial charge in [0.1, 0.15) is 5.82 Å². The lowest BCUT2D eigenvalue weighted by atomic mass is 10.1. The van der Waals surface area contributed by atoms with Crippen molar-refractivity contribution in [3.8, 4) is 0 Å². The number of hydrogen-bond acceptors (Lipinski definition) is 2. The molecule has 2 aromatic rings. The normalized spacial score (nSPS) is 17.2. The molecule has 0 saturated carbocycles. The lowest BCUT2D eigenvalue weighted by Gasteiger charge is -2.17. The lowest BCUT2D eigenvalue weighted by molar-refractivity contribution is -0.126. The highest BCUT2D eigenvalue weighted by atomic mass is 35.5. The van der Waals surface area contributed by atoms with Gasteiger partial charge in [0, 0.05) is 24.5 Å². The maximum absolute atomic E-state index is 13.8. The Hall–Kier alpha value is -2.40. The first kappa shape index (κ1) is 16.5. The van der Waals surface area contributed by atoms with Crippen LogP contribution in [0.15, 0.2) is 48.5 Å². The smallest absolute Gasteiger partial charge is 0.227 e. The minimum atomic E-state index is -0.482. The summed E-state index contributed by atoms with van der Waals surface area (Å²) < 4.78 is 13.8. The molecule has 1 fully saturated rings. The summed E-state index contributed by atoms with van der Waals surface area (Å²) >= 11 is 5.82. The van der Waals surface area contributed by atoms with Crippen molar-refractivity contribution in [2.24, 2.45) is 5.92 Å². The first-order valence-electron chi connectivity index (χ1n) is 7.61. The highest BCUT2D eigenvalue weighted by Gasteiger charge is 2.35. The van der Waals surface area contributed by atoms with E-state index in [9.17, 15) is 14.0 Å². The van der Waals surface area contributed by atoms with Gasteiger partial charge in [0.15, 0.2) is 0 Å². The molecule has 1 N–H and O–H groups in total. The summed E-state index contributed by atoms with van der Waals surface area (Å²) in [5.74, 6) is -1.40. The van der Waals surface area contributed by atoms with E-state index < -0.39 is 11.7 Å². The highest BCUT2D eigenvalue weighted by Crippen LogP contribution is 2.27. The number of anilines is 1. The maximum Gasteiger partial charge on any atom is 0.227 e. The zero-order chi connectivity index (χ0) is 17.1. The van der Waals surface area contributed by atoms with Crippen LogP contribution in [0.5, 0.6) is 0 Å². The Morgan fingerprint density at radius 2 is 1.92 bits per heavy atom. The van der Waals surface area contributed by atoms with Crippen LogP contribution in [-0.4, -0.2) is 18.4 Å². The Balaban J connectivity index is 1.62. The fourth-order valence-electron chi connectivity index (χ4n) is 2.72. The summed E-state index contributed by atoms with van der Waals surface area (Å²) in [5, 5.41) is 3.44. The molecule has 4 nitrogen and oxygen atoms in total. The number of amides is 2. The largest absolute Gasteiger partial charge is 0.352 e. The number of nitrogens with one attached hydrogen (secondary N) is 1. The first-order valence-corrected chi connectivity index (χ1v) is 7.99. The van der Waals surface area contributed by atoms with Gasteiger partial charge in [-0.1, -0.05) is 35.9 Å². The average Bonchev–Trinajstić information content (AvgIpc) is 2.96. The van der Waals surface area contributed by atoms with Gasteiger partial charge in [0.05, 0.1) is 11.6 Å². The van der Waals surface area contributed by atoms with Crippen LogP contribution < -0.4 is 10.2 Å². The molecule has 24 heavy (non-hydrogen) atoms. The highest BCUT2D eigenvalue weighted by molar-refractivity contribution is 6.30. The molecule has 0 bridgehead atoms. The van der Waals surface area contributed by atoms with Crippen LogP contribution in [0.1, 0.15) is 12.0 Å². The second-order valence-electron chi connectivity index (χ2n) is 5.70. The monoisotopic (exact) mass is 346 g/mol. The molecular formula is C18H16ClFN2O2. The number of carbonyl (C=O) groups excluding carboxylic acids is 2. The zero-order valence-corrected chi connectivity index (χ0v) is 13.6. The summed E-state index contributed by atoms with van der Waals surface area (Å²) in [5.41, 5.74) is 1.14. The molecule has 124 valence electrons. The summed E-state index contributed by atoms with van der Waals surface area (Å²) in [4.78, 5) is 25.7. The van der Waals surface area contributed by atoms with Gasteiger partial charge in [-0.25, -0.2) is 4.39 Å². The molecular weight excluding hydrogens is 331 g/mol. The third kappa shape index (κ3) is 3.57. The van der Waals surface area contributed by atoms with E-state index in [1.165, 1.54) is 11.0 Å². The molecule has 2 amide bonds. The topological polar surface area (TPSA) is 49.4 Å². The van der Waals surface area contributed by atoms with Gasteiger partial charge >= 0.3 is 0 Å². The molecule has 0 aliphatic carbocycles. The van der Waals surface area contributed by atoms with Gasteiger partial charge in [-0.2, -0.15) is 0 Å². The molecule has 1 atom stereocenters. The Morgan fingerprint density at radius 3 is 2.62 bits per heavy atom. The van der Waals surface area contributed by atoms with E-state index in [1.54, 1.807) is 30.3 Å². The van der Waals surface area contributed by atoms with E-state index in [4.69, 9.17) is 11.6 Å². The predicted molar refractivity (Wildman–Crippen MR) is 90.2 cm³/mol. The van der Waals surface area contributed by atoms with Gasteiger partial charge in [-0.05, 0) is 29.8 Å². The molecule has 0 spiro atoms. The number of nitrogens with zero attached hydrogens (tertiary/aromatic N) is 1. The van der Waals surface area contributed by atoms with Crippen LogP contribution in [0.25, 0.3) is 0 Å². The minimum Gasteiger partial charge on any atom is -0.352 e. The van der Waals surface area contributed by atoms with Crippen molar-refractivity contribution < 1.29 is 14.0 Å². The van der Waals surface area contributed by atoms with Gasteiger partial charge in [-0.3, -0.25) is 9.59 Å². The third-order valence-electron chi connectivity index (χ3n) is 4.02. The van der Waals surface area contributed by atoms with Crippen molar-refractivity contribution in [3.05, 3.63) is 64.9 Å². The molecule has 0 radical (unpaired) electrons. The van der Waals surface area contributed by atoms with Crippen LogP contribution >= 0.6 is 11.6 Å². The molecule has 1 heterocycles.